The lowest BCUT2D eigenvalue weighted by atomic mass is 9.85. The monoisotopic (exact) mass is 384 g/mol. The Kier molecular flexibility index (Phi) is 5.52. The molecule has 2 aliphatic rings. The summed E-state index contributed by atoms with van der Waals surface area (Å²) in [4.78, 5) is 14.4. The van der Waals surface area contributed by atoms with Gasteiger partial charge in [-0.05, 0) is 43.0 Å². The maximum Gasteiger partial charge on any atom is 0.223 e. The summed E-state index contributed by atoms with van der Waals surface area (Å²) >= 11 is 0. The fourth-order valence-corrected chi connectivity index (χ4v) is 3.89. The van der Waals surface area contributed by atoms with Gasteiger partial charge in [0.2, 0.25) is 5.91 Å². The molecule has 1 aromatic carbocycles. The minimum Gasteiger partial charge on any atom is -0.504 e. The number of carbonyl (C=O) groups excluding carboxylic acids is 1. The summed E-state index contributed by atoms with van der Waals surface area (Å²) in [6.07, 6.45) is 4.21. The molecule has 0 radical (unpaired) electrons. The zero-order valence-corrected chi connectivity index (χ0v) is 16.4. The molecular formula is C21H28N4O3. The van der Waals surface area contributed by atoms with Crippen molar-refractivity contribution >= 4 is 5.91 Å². The van der Waals surface area contributed by atoms with Crippen LogP contribution in [0.3, 0.4) is 0 Å². The number of methoxy groups -OCH3 is 1. The van der Waals surface area contributed by atoms with E-state index < -0.39 is 0 Å². The molecule has 1 aromatic heterocycles. The Balaban J connectivity index is 1.38. The summed E-state index contributed by atoms with van der Waals surface area (Å²) in [7, 11) is 1.55. The first kappa shape index (κ1) is 18.8. The molecule has 7 heteroatoms. The van der Waals surface area contributed by atoms with Crippen LogP contribution in [0.1, 0.15) is 42.6 Å². The Bertz CT molecular complexity index is 844. The Morgan fingerprint density at radius 2 is 2.14 bits per heavy atom. The number of amides is 1. The molecule has 0 bridgehead atoms. The highest BCUT2D eigenvalue weighted by molar-refractivity contribution is 5.79. The van der Waals surface area contributed by atoms with Crippen LogP contribution in [0.5, 0.6) is 11.5 Å². The number of aromatic nitrogens is 2. The van der Waals surface area contributed by atoms with Crippen LogP contribution < -0.4 is 10.1 Å². The second-order valence-electron chi connectivity index (χ2n) is 7.77. The molecule has 1 aliphatic heterocycles. The minimum absolute atomic E-state index is 0.162. The maximum atomic E-state index is 12.0. The number of hydrogen-bond acceptors (Lipinski definition) is 5. The molecule has 2 N–H and O–H groups in total. The van der Waals surface area contributed by atoms with Crippen molar-refractivity contribution in [3.8, 4) is 11.5 Å². The topological polar surface area (TPSA) is 79.6 Å². The molecule has 0 saturated heterocycles. The van der Waals surface area contributed by atoms with E-state index in [2.05, 4.69) is 26.1 Å². The predicted molar refractivity (Wildman–Crippen MR) is 105 cm³/mol. The number of rotatable bonds is 6. The van der Waals surface area contributed by atoms with Crippen LogP contribution >= 0.6 is 0 Å². The minimum atomic E-state index is 0.162. The summed E-state index contributed by atoms with van der Waals surface area (Å²) in [6.45, 7) is 3.93. The van der Waals surface area contributed by atoms with E-state index in [-0.39, 0.29) is 17.6 Å². The van der Waals surface area contributed by atoms with Crippen LogP contribution in [0, 0.1) is 5.92 Å². The zero-order chi connectivity index (χ0) is 19.5. The lowest BCUT2D eigenvalue weighted by Gasteiger charge is -2.23. The van der Waals surface area contributed by atoms with Gasteiger partial charge in [-0.25, -0.2) is 0 Å². The van der Waals surface area contributed by atoms with Gasteiger partial charge in [0, 0.05) is 32.1 Å². The third-order valence-electron chi connectivity index (χ3n) is 5.71. The average molecular weight is 384 g/mol. The van der Waals surface area contributed by atoms with Crippen LogP contribution in [0.25, 0.3) is 0 Å². The van der Waals surface area contributed by atoms with Gasteiger partial charge >= 0.3 is 0 Å². The van der Waals surface area contributed by atoms with Gasteiger partial charge in [-0.3, -0.25) is 14.4 Å². The number of hydrogen-bond donors (Lipinski definition) is 2. The van der Waals surface area contributed by atoms with E-state index in [1.54, 1.807) is 19.2 Å². The number of fused-ring (bicyclic) bond motifs is 1. The zero-order valence-electron chi connectivity index (χ0n) is 16.4. The molecule has 1 amide bonds. The number of nitrogens with zero attached hydrogens (tertiary/aromatic N) is 3. The van der Waals surface area contributed by atoms with Gasteiger partial charge < -0.3 is 15.2 Å². The highest BCUT2D eigenvalue weighted by Crippen LogP contribution is 2.28. The van der Waals surface area contributed by atoms with Crippen molar-refractivity contribution in [3.63, 3.8) is 0 Å². The first-order valence-corrected chi connectivity index (χ1v) is 10.0. The Labute approximate surface area is 165 Å². The van der Waals surface area contributed by atoms with Crippen molar-refractivity contribution < 1.29 is 14.6 Å². The van der Waals surface area contributed by atoms with Crippen molar-refractivity contribution in [1.29, 1.82) is 0 Å². The van der Waals surface area contributed by atoms with Crippen LogP contribution in [0.15, 0.2) is 24.3 Å². The third kappa shape index (κ3) is 4.14. The smallest absolute Gasteiger partial charge is 0.223 e. The summed E-state index contributed by atoms with van der Waals surface area (Å²) in [5.41, 5.74) is 3.15. The SMILES string of the molecule is COc1ccc(CN2CCCn3nc(CNC(=O)C4CCC4)cc3C2)cc1O. The van der Waals surface area contributed by atoms with Crippen molar-refractivity contribution in [2.75, 3.05) is 13.7 Å². The fraction of sp³-hybridized carbons (Fsp3) is 0.524. The number of phenolic OH excluding ortho intramolecular Hbond substituents is 1. The molecule has 2 heterocycles. The Morgan fingerprint density at radius 1 is 1.29 bits per heavy atom. The van der Waals surface area contributed by atoms with Crippen molar-refractivity contribution in [3.05, 3.63) is 41.2 Å². The van der Waals surface area contributed by atoms with Crippen LogP contribution in [-0.4, -0.2) is 39.3 Å². The van der Waals surface area contributed by atoms with Gasteiger partial charge in [0.05, 0.1) is 25.0 Å². The molecule has 4 rings (SSSR count). The van der Waals surface area contributed by atoms with E-state index in [1.165, 1.54) is 12.1 Å². The predicted octanol–water partition coefficient (Wildman–Crippen LogP) is 2.42. The van der Waals surface area contributed by atoms with Gasteiger partial charge in [0.1, 0.15) is 0 Å². The molecule has 1 fully saturated rings. The molecule has 1 aliphatic carbocycles. The third-order valence-corrected chi connectivity index (χ3v) is 5.71. The van der Waals surface area contributed by atoms with Crippen molar-refractivity contribution in [2.45, 2.75) is 51.9 Å². The quantitative estimate of drug-likeness (QED) is 0.800. The molecular weight excluding hydrogens is 356 g/mol. The van der Waals surface area contributed by atoms with Gasteiger partial charge in [-0.1, -0.05) is 12.5 Å². The molecule has 7 nitrogen and oxygen atoms in total. The molecule has 2 aromatic rings. The van der Waals surface area contributed by atoms with Crippen LogP contribution in [-0.2, 0) is 31.0 Å². The van der Waals surface area contributed by atoms with Gasteiger partial charge in [-0.15, -0.1) is 0 Å². The summed E-state index contributed by atoms with van der Waals surface area (Å²) in [6, 6.07) is 7.66. The van der Waals surface area contributed by atoms with Gasteiger partial charge in [0.15, 0.2) is 11.5 Å². The number of nitrogens with one attached hydrogen (secondary N) is 1. The second kappa shape index (κ2) is 8.22. The van der Waals surface area contributed by atoms with E-state index >= 15 is 0 Å². The summed E-state index contributed by atoms with van der Waals surface area (Å²) < 4.78 is 7.19. The number of ether oxygens (including phenoxy) is 1. The van der Waals surface area contributed by atoms with Gasteiger partial charge in [-0.2, -0.15) is 5.10 Å². The number of aromatic hydroxyl groups is 1. The second-order valence-corrected chi connectivity index (χ2v) is 7.77. The molecule has 0 atom stereocenters. The summed E-state index contributed by atoms with van der Waals surface area (Å²) in [5.74, 6) is 1.03. The first-order valence-electron chi connectivity index (χ1n) is 10.0. The van der Waals surface area contributed by atoms with Crippen LogP contribution in [0.2, 0.25) is 0 Å². The number of carbonyl (C=O) groups is 1. The van der Waals surface area contributed by atoms with Crippen molar-refractivity contribution in [2.24, 2.45) is 5.92 Å². The molecule has 1 saturated carbocycles. The normalized spacial score (nSPS) is 17.5. The lowest BCUT2D eigenvalue weighted by molar-refractivity contribution is -0.127. The van der Waals surface area contributed by atoms with Gasteiger partial charge in [0.25, 0.3) is 0 Å². The van der Waals surface area contributed by atoms with E-state index in [1.807, 2.05) is 6.07 Å². The highest BCUT2D eigenvalue weighted by Gasteiger charge is 2.25. The Morgan fingerprint density at radius 3 is 2.86 bits per heavy atom. The van der Waals surface area contributed by atoms with Crippen LogP contribution in [0.4, 0.5) is 0 Å². The standard InChI is InChI=1S/C21H28N4O3/c1-28-20-7-6-15(10-19(20)26)13-24-8-3-9-25-18(14-24)11-17(23-25)12-22-21(27)16-4-2-5-16/h6-7,10-11,16,26H,2-5,8-9,12-14H2,1H3,(H,22,27). The molecule has 28 heavy (non-hydrogen) atoms. The van der Waals surface area contributed by atoms with Crippen molar-refractivity contribution in [1.82, 2.24) is 20.0 Å². The van der Waals surface area contributed by atoms with E-state index in [0.717, 1.165) is 56.7 Å². The summed E-state index contributed by atoms with van der Waals surface area (Å²) in [5, 5.41) is 17.7. The van der Waals surface area contributed by atoms with E-state index in [9.17, 15) is 9.90 Å². The number of aryl methyl sites for hydroxylation is 1. The Hall–Kier alpha value is -2.54. The molecule has 150 valence electrons. The highest BCUT2D eigenvalue weighted by atomic mass is 16.5. The average Bonchev–Trinajstić information content (AvgIpc) is 2.91. The maximum absolute atomic E-state index is 12.0. The van der Waals surface area contributed by atoms with E-state index in [4.69, 9.17) is 4.74 Å². The largest absolute Gasteiger partial charge is 0.504 e. The molecule has 0 unspecified atom stereocenters. The lowest BCUT2D eigenvalue weighted by Crippen LogP contribution is -2.34. The first-order chi connectivity index (χ1) is 13.6. The fourth-order valence-electron chi connectivity index (χ4n) is 3.89. The number of benzene rings is 1. The molecule has 0 spiro atoms. The number of phenols is 1. The van der Waals surface area contributed by atoms with E-state index in [0.29, 0.717) is 12.3 Å².